The number of pyridine rings is 1. The topological polar surface area (TPSA) is 52.0 Å². The molecule has 3 aromatic rings. The molecule has 5 nitrogen and oxygen atoms in total. The summed E-state index contributed by atoms with van der Waals surface area (Å²) in [5.41, 5.74) is 2.07. The van der Waals surface area contributed by atoms with Gasteiger partial charge in [0.05, 0.1) is 30.6 Å². The lowest BCUT2D eigenvalue weighted by Gasteiger charge is -2.09. The predicted octanol–water partition coefficient (Wildman–Crippen LogP) is 3.85. The van der Waals surface area contributed by atoms with Crippen molar-refractivity contribution in [3.05, 3.63) is 47.9 Å². The molecule has 0 aliphatic heterocycles. The fourth-order valence-electron chi connectivity index (χ4n) is 2.11. The molecule has 0 spiro atoms. The van der Waals surface area contributed by atoms with Crippen molar-refractivity contribution in [3.8, 4) is 0 Å². The minimum Gasteiger partial charge on any atom is -0.383 e. The number of nitrogens with one attached hydrogen (secondary N) is 1. The third-order valence-corrected chi connectivity index (χ3v) is 4.17. The number of benzene rings is 1. The summed E-state index contributed by atoms with van der Waals surface area (Å²) in [7, 11) is 1.69. The van der Waals surface area contributed by atoms with Crippen molar-refractivity contribution in [3.63, 3.8) is 0 Å². The van der Waals surface area contributed by atoms with Crippen molar-refractivity contribution >= 4 is 40.1 Å². The Hall–Kier alpha value is -1.76. The number of methoxy groups -OCH3 is 1. The van der Waals surface area contributed by atoms with E-state index in [2.05, 4.69) is 14.8 Å². The standard InChI is InChI=1S/C15H15ClN4OS/c1-21-8-7-20-15-11(9-18-20)3-2-4-13(15)19-22-12-5-6-14(16)17-10-12/h2-6,9-10,19H,7-8H2,1H3. The van der Waals surface area contributed by atoms with Gasteiger partial charge in [0.2, 0.25) is 0 Å². The fraction of sp³-hybridized carbons (Fsp3) is 0.200. The Morgan fingerprint density at radius 1 is 1.27 bits per heavy atom. The van der Waals surface area contributed by atoms with E-state index in [0.717, 1.165) is 21.5 Å². The summed E-state index contributed by atoms with van der Waals surface area (Å²) in [6.07, 6.45) is 3.60. The molecule has 0 aliphatic rings. The molecular weight excluding hydrogens is 320 g/mol. The average molecular weight is 335 g/mol. The molecule has 0 unspecified atom stereocenters. The van der Waals surface area contributed by atoms with Gasteiger partial charge in [0.25, 0.3) is 0 Å². The van der Waals surface area contributed by atoms with Gasteiger partial charge in [-0.15, -0.1) is 0 Å². The van der Waals surface area contributed by atoms with E-state index >= 15 is 0 Å². The number of nitrogens with zero attached hydrogens (tertiary/aromatic N) is 3. The third-order valence-electron chi connectivity index (χ3n) is 3.15. The van der Waals surface area contributed by atoms with Gasteiger partial charge in [-0.3, -0.25) is 4.68 Å². The number of aromatic nitrogens is 3. The van der Waals surface area contributed by atoms with Crippen molar-refractivity contribution in [2.75, 3.05) is 18.4 Å². The Morgan fingerprint density at radius 2 is 2.18 bits per heavy atom. The highest BCUT2D eigenvalue weighted by molar-refractivity contribution is 8.00. The molecule has 114 valence electrons. The Bertz CT molecular complexity index is 760. The van der Waals surface area contributed by atoms with Crippen LogP contribution in [0, 0.1) is 0 Å². The Balaban J connectivity index is 1.83. The Labute approximate surface area is 137 Å². The normalized spacial score (nSPS) is 11.0. The zero-order valence-electron chi connectivity index (χ0n) is 12.0. The Morgan fingerprint density at radius 3 is 2.95 bits per heavy atom. The maximum Gasteiger partial charge on any atom is 0.129 e. The number of hydrogen-bond acceptors (Lipinski definition) is 5. The lowest BCUT2D eigenvalue weighted by atomic mass is 10.2. The number of hydrogen-bond donors (Lipinski definition) is 1. The summed E-state index contributed by atoms with van der Waals surface area (Å²) in [5, 5.41) is 6.00. The number of halogens is 1. The number of para-hydroxylation sites is 1. The molecule has 3 rings (SSSR count). The first-order valence-corrected chi connectivity index (χ1v) is 7.95. The molecule has 0 atom stereocenters. The van der Waals surface area contributed by atoms with Crippen LogP contribution in [0.25, 0.3) is 10.9 Å². The second kappa shape index (κ2) is 7.00. The molecule has 2 aromatic heterocycles. The highest BCUT2D eigenvalue weighted by Crippen LogP contribution is 2.28. The summed E-state index contributed by atoms with van der Waals surface area (Å²) in [6.45, 7) is 1.34. The summed E-state index contributed by atoms with van der Waals surface area (Å²) >= 11 is 7.29. The van der Waals surface area contributed by atoms with Crippen LogP contribution < -0.4 is 4.72 Å². The number of fused-ring (bicyclic) bond motifs is 1. The molecule has 0 amide bonds. The molecule has 0 bridgehead atoms. The maximum absolute atomic E-state index is 5.80. The van der Waals surface area contributed by atoms with Crippen molar-refractivity contribution < 1.29 is 4.74 Å². The molecule has 22 heavy (non-hydrogen) atoms. The summed E-state index contributed by atoms with van der Waals surface area (Å²) in [5.74, 6) is 0. The van der Waals surface area contributed by atoms with E-state index in [1.807, 2.05) is 35.1 Å². The molecule has 0 aliphatic carbocycles. The quantitative estimate of drug-likeness (QED) is 0.548. The maximum atomic E-state index is 5.80. The Kier molecular flexibility index (Phi) is 4.82. The van der Waals surface area contributed by atoms with E-state index in [4.69, 9.17) is 16.3 Å². The van der Waals surface area contributed by atoms with Gasteiger partial charge in [-0.2, -0.15) is 5.10 Å². The predicted molar refractivity (Wildman–Crippen MR) is 90.3 cm³/mol. The second-order valence-electron chi connectivity index (χ2n) is 4.62. The van der Waals surface area contributed by atoms with Gasteiger partial charge in [-0.05, 0) is 30.1 Å². The fourth-order valence-corrected chi connectivity index (χ4v) is 2.86. The number of ether oxygens (including phenoxy) is 1. The zero-order valence-corrected chi connectivity index (χ0v) is 13.6. The van der Waals surface area contributed by atoms with Crippen molar-refractivity contribution in [1.29, 1.82) is 0 Å². The molecule has 1 N–H and O–H groups in total. The number of rotatable bonds is 6. The highest BCUT2D eigenvalue weighted by atomic mass is 35.5. The highest BCUT2D eigenvalue weighted by Gasteiger charge is 2.08. The first-order chi connectivity index (χ1) is 10.8. The largest absolute Gasteiger partial charge is 0.383 e. The van der Waals surface area contributed by atoms with Gasteiger partial charge in [0.15, 0.2) is 0 Å². The molecule has 0 saturated heterocycles. The van der Waals surface area contributed by atoms with Crippen LogP contribution in [0.2, 0.25) is 5.15 Å². The summed E-state index contributed by atoms with van der Waals surface area (Å²) in [4.78, 5) is 5.06. The average Bonchev–Trinajstić information content (AvgIpc) is 2.96. The van der Waals surface area contributed by atoms with Crippen LogP contribution in [0.15, 0.2) is 47.6 Å². The number of anilines is 1. The summed E-state index contributed by atoms with van der Waals surface area (Å²) in [6, 6.07) is 9.78. The van der Waals surface area contributed by atoms with Crippen LogP contribution in [0.1, 0.15) is 0 Å². The molecule has 2 heterocycles. The van der Waals surface area contributed by atoms with E-state index in [1.165, 1.54) is 11.9 Å². The van der Waals surface area contributed by atoms with E-state index in [1.54, 1.807) is 19.4 Å². The monoisotopic (exact) mass is 334 g/mol. The first kappa shape index (κ1) is 15.1. The van der Waals surface area contributed by atoms with E-state index < -0.39 is 0 Å². The lowest BCUT2D eigenvalue weighted by molar-refractivity contribution is 0.185. The molecule has 1 aromatic carbocycles. The van der Waals surface area contributed by atoms with Crippen LogP contribution in [0.3, 0.4) is 0 Å². The van der Waals surface area contributed by atoms with Gasteiger partial charge in [0, 0.05) is 23.6 Å². The SMILES string of the molecule is COCCn1ncc2cccc(NSc3ccc(Cl)nc3)c21. The summed E-state index contributed by atoms with van der Waals surface area (Å²) < 4.78 is 10.4. The van der Waals surface area contributed by atoms with Crippen LogP contribution in [0.5, 0.6) is 0 Å². The first-order valence-electron chi connectivity index (χ1n) is 6.76. The van der Waals surface area contributed by atoms with Gasteiger partial charge < -0.3 is 9.46 Å². The third kappa shape index (κ3) is 3.35. The van der Waals surface area contributed by atoms with E-state index in [9.17, 15) is 0 Å². The minimum atomic E-state index is 0.490. The van der Waals surface area contributed by atoms with Gasteiger partial charge in [-0.1, -0.05) is 23.7 Å². The van der Waals surface area contributed by atoms with Crippen LogP contribution >= 0.6 is 23.5 Å². The van der Waals surface area contributed by atoms with Gasteiger partial charge in [-0.25, -0.2) is 4.98 Å². The van der Waals surface area contributed by atoms with E-state index in [0.29, 0.717) is 18.3 Å². The lowest BCUT2D eigenvalue weighted by Crippen LogP contribution is -2.06. The van der Waals surface area contributed by atoms with Crippen LogP contribution in [-0.4, -0.2) is 28.5 Å². The molecular formula is C15H15ClN4OS. The minimum absolute atomic E-state index is 0.490. The zero-order chi connectivity index (χ0) is 15.4. The smallest absolute Gasteiger partial charge is 0.129 e. The van der Waals surface area contributed by atoms with Gasteiger partial charge >= 0.3 is 0 Å². The van der Waals surface area contributed by atoms with Gasteiger partial charge in [0.1, 0.15) is 5.15 Å². The second-order valence-corrected chi connectivity index (χ2v) is 5.89. The van der Waals surface area contributed by atoms with E-state index in [-0.39, 0.29) is 0 Å². The van der Waals surface area contributed by atoms with Crippen molar-refractivity contribution in [1.82, 2.24) is 14.8 Å². The molecule has 0 radical (unpaired) electrons. The molecule has 0 saturated carbocycles. The van der Waals surface area contributed by atoms with Crippen molar-refractivity contribution in [2.45, 2.75) is 11.4 Å². The van der Waals surface area contributed by atoms with Crippen molar-refractivity contribution in [2.24, 2.45) is 0 Å². The van der Waals surface area contributed by atoms with Crippen LogP contribution in [-0.2, 0) is 11.3 Å². The molecule has 0 fully saturated rings. The molecule has 7 heteroatoms. The van der Waals surface area contributed by atoms with Crippen LogP contribution in [0.4, 0.5) is 5.69 Å².